The molecule has 4 saturated carbocycles. The average Bonchev–Trinajstić information content (AvgIpc) is 2.34. The third kappa shape index (κ3) is 3.31. The number of carbonyl (C=O) groups is 2. The van der Waals surface area contributed by atoms with Crippen molar-refractivity contribution in [2.45, 2.75) is 71.3 Å². The van der Waals surface area contributed by atoms with Crippen molar-refractivity contribution >= 4 is 11.9 Å². The normalized spacial score (nSPS) is 36.2. The molecule has 4 bridgehead atoms. The first-order valence-corrected chi connectivity index (χ1v) is 8.76. The number of esters is 1. The quantitative estimate of drug-likeness (QED) is 0.812. The Kier molecular flexibility index (Phi) is 3.98. The lowest BCUT2D eigenvalue weighted by Crippen LogP contribution is -2.53. The zero-order chi connectivity index (χ0) is 16.0. The topological polar surface area (TPSA) is 55.4 Å². The van der Waals surface area contributed by atoms with Crippen molar-refractivity contribution in [2.75, 3.05) is 6.54 Å². The summed E-state index contributed by atoms with van der Waals surface area (Å²) in [5.41, 5.74) is -0.580. The van der Waals surface area contributed by atoms with Gasteiger partial charge in [-0.05, 0) is 77.0 Å². The average molecular weight is 307 g/mol. The van der Waals surface area contributed by atoms with Crippen molar-refractivity contribution < 1.29 is 14.3 Å². The Morgan fingerprint density at radius 2 is 1.55 bits per heavy atom. The highest BCUT2D eigenvalue weighted by atomic mass is 16.6. The molecule has 4 aliphatic rings. The highest BCUT2D eigenvalue weighted by Crippen LogP contribution is 2.60. The van der Waals surface area contributed by atoms with E-state index in [0.29, 0.717) is 6.54 Å². The first-order valence-electron chi connectivity index (χ1n) is 8.76. The molecule has 0 unspecified atom stereocenters. The molecule has 0 aromatic rings. The second-order valence-electron chi connectivity index (χ2n) is 8.79. The number of carbonyl (C=O) groups excluding carboxylic acids is 2. The summed E-state index contributed by atoms with van der Waals surface area (Å²) < 4.78 is 5.28. The van der Waals surface area contributed by atoms with Crippen LogP contribution in [0.4, 0.5) is 0 Å². The van der Waals surface area contributed by atoms with E-state index in [1.807, 2.05) is 20.8 Å². The van der Waals surface area contributed by atoms with Crippen LogP contribution < -0.4 is 5.32 Å². The number of nitrogens with one attached hydrogen (secondary N) is 1. The van der Waals surface area contributed by atoms with E-state index in [0.717, 1.165) is 37.0 Å². The van der Waals surface area contributed by atoms with Gasteiger partial charge in [0.15, 0.2) is 0 Å². The third-order valence-corrected chi connectivity index (χ3v) is 5.55. The molecule has 0 aromatic heterocycles. The van der Waals surface area contributed by atoms with E-state index in [9.17, 15) is 9.59 Å². The first-order chi connectivity index (χ1) is 10.3. The number of ether oxygens (including phenoxy) is 1. The molecule has 0 saturated heterocycles. The van der Waals surface area contributed by atoms with Gasteiger partial charge in [-0.25, -0.2) is 0 Å². The molecule has 0 atom stereocenters. The summed E-state index contributed by atoms with van der Waals surface area (Å²) in [6, 6.07) is 0. The van der Waals surface area contributed by atoms with Crippen LogP contribution in [-0.2, 0) is 14.3 Å². The van der Waals surface area contributed by atoms with Crippen LogP contribution >= 0.6 is 0 Å². The van der Waals surface area contributed by atoms with Crippen molar-refractivity contribution in [3.63, 3.8) is 0 Å². The van der Waals surface area contributed by atoms with Gasteiger partial charge in [0.05, 0.1) is 6.42 Å². The molecule has 124 valence electrons. The molecule has 4 heteroatoms. The van der Waals surface area contributed by atoms with Crippen molar-refractivity contribution in [1.29, 1.82) is 0 Å². The molecule has 4 rings (SSSR count). The summed E-state index contributed by atoms with van der Waals surface area (Å²) >= 11 is 0. The lowest BCUT2D eigenvalue weighted by molar-refractivity contribution is -0.155. The minimum absolute atomic E-state index is 0.122. The third-order valence-electron chi connectivity index (χ3n) is 5.55. The summed E-state index contributed by atoms with van der Waals surface area (Å²) in [4.78, 5) is 24.4. The van der Waals surface area contributed by atoms with Crippen LogP contribution in [0.3, 0.4) is 0 Å². The van der Waals surface area contributed by atoms with Gasteiger partial charge in [0, 0.05) is 12.0 Å². The Morgan fingerprint density at radius 1 is 1.05 bits per heavy atom. The molecule has 0 spiro atoms. The van der Waals surface area contributed by atoms with E-state index >= 15 is 0 Å². The van der Waals surface area contributed by atoms with Crippen LogP contribution in [0.2, 0.25) is 0 Å². The summed E-state index contributed by atoms with van der Waals surface area (Å²) in [6.45, 7) is 5.98. The molecule has 0 heterocycles. The summed E-state index contributed by atoms with van der Waals surface area (Å²) in [5.74, 6) is 2.25. The molecule has 0 radical (unpaired) electrons. The summed E-state index contributed by atoms with van der Waals surface area (Å²) in [6.07, 6.45) is 7.47. The maximum atomic E-state index is 12.7. The van der Waals surface area contributed by atoms with Crippen molar-refractivity contribution in [3.05, 3.63) is 0 Å². The van der Waals surface area contributed by atoms with Gasteiger partial charge in [0.1, 0.15) is 5.60 Å². The monoisotopic (exact) mass is 307 g/mol. The zero-order valence-electron chi connectivity index (χ0n) is 14.1. The second kappa shape index (κ2) is 5.54. The number of rotatable bonds is 4. The van der Waals surface area contributed by atoms with E-state index in [2.05, 4.69) is 5.32 Å². The lowest BCUT2D eigenvalue weighted by Gasteiger charge is -2.55. The van der Waals surface area contributed by atoms with Crippen LogP contribution in [0.1, 0.15) is 65.7 Å². The number of hydrogen-bond donors (Lipinski definition) is 1. The van der Waals surface area contributed by atoms with Crippen molar-refractivity contribution in [3.8, 4) is 0 Å². The molecule has 0 aromatic carbocycles. The highest BCUT2D eigenvalue weighted by Gasteiger charge is 2.54. The first kappa shape index (κ1) is 15.8. The van der Waals surface area contributed by atoms with Gasteiger partial charge in [-0.2, -0.15) is 0 Å². The Morgan fingerprint density at radius 3 is 2.00 bits per heavy atom. The van der Waals surface area contributed by atoms with Crippen LogP contribution in [0.15, 0.2) is 0 Å². The molecule has 0 aliphatic heterocycles. The van der Waals surface area contributed by atoms with Gasteiger partial charge in [-0.15, -0.1) is 0 Å². The van der Waals surface area contributed by atoms with Gasteiger partial charge in [0.25, 0.3) is 0 Å². The molecule has 4 aliphatic carbocycles. The highest BCUT2D eigenvalue weighted by molar-refractivity contribution is 5.83. The van der Waals surface area contributed by atoms with E-state index in [-0.39, 0.29) is 23.7 Å². The van der Waals surface area contributed by atoms with Crippen LogP contribution in [0.25, 0.3) is 0 Å². The molecular formula is C18H29NO3. The zero-order valence-corrected chi connectivity index (χ0v) is 14.1. The van der Waals surface area contributed by atoms with Crippen LogP contribution in [-0.4, -0.2) is 24.0 Å². The standard InChI is InChI=1S/C18H29NO3/c1-17(2,3)22-15(20)4-5-19-16(21)18-9-12-6-13(10-18)8-14(7-12)11-18/h12-14H,4-11H2,1-3H3,(H,19,21). The van der Waals surface area contributed by atoms with E-state index in [1.54, 1.807) is 0 Å². The summed E-state index contributed by atoms with van der Waals surface area (Å²) in [5, 5.41) is 3.02. The molecule has 4 fully saturated rings. The van der Waals surface area contributed by atoms with Gasteiger partial charge in [-0.1, -0.05) is 0 Å². The summed E-state index contributed by atoms with van der Waals surface area (Å²) in [7, 11) is 0. The van der Waals surface area contributed by atoms with Crippen molar-refractivity contribution in [2.24, 2.45) is 23.2 Å². The van der Waals surface area contributed by atoms with E-state index < -0.39 is 5.60 Å². The van der Waals surface area contributed by atoms with Gasteiger partial charge < -0.3 is 10.1 Å². The Labute approximate surface area is 133 Å². The fraction of sp³-hybridized carbons (Fsp3) is 0.889. The fourth-order valence-electron chi connectivity index (χ4n) is 5.25. The van der Waals surface area contributed by atoms with E-state index in [4.69, 9.17) is 4.74 Å². The van der Waals surface area contributed by atoms with Crippen LogP contribution in [0.5, 0.6) is 0 Å². The minimum Gasteiger partial charge on any atom is -0.460 e. The SMILES string of the molecule is CC(C)(C)OC(=O)CCNC(=O)C12CC3CC(CC(C3)C1)C2. The second-order valence-corrected chi connectivity index (χ2v) is 8.79. The van der Waals surface area contributed by atoms with Gasteiger partial charge in [-0.3, -0.25) is 9.59 Å². The lowest BCUT2D eigenvalue weighted by atomic mass is 9.49. The maximum Gasteiger partial charge on any atom is 0.308 e. The van der Waals surface area contributed by atoms with Gasteiger partial charge in [0.2, 0.25) is 5.91 Å². The molecular weight excluding hydrogens is 278 g/mol. The number of hydrogen-bond acceptors (Lipinski definition) is 3. The Hall–Kier alpha value is -1.06. The van der Waals surface area contributed by atoms with Gasteiger partial charge >= 0.3 is 5.97 Å². The minimum atomic E-state index is -0.457. The molecule has 22 heavy (non-hydrogen) atoms. The van der Waals surface area contributed by atoms with Crippen LogP contribution in [0, 0.1) is 23.2 Å². The largest absolute Gasteiger partial charge is 0.460 e. The number of amides is 1. The maximum absolute atomic E-state index is 12.7. The fourth-order valence-corrected chi connectivity index (χ4v) is 5.25. The Bertz CT molecular complexity index is 428. The Balaban J connectivity index is 1.49. The van der Waals surface area contributed by atoms with E-state index in [1.165, 1.54) is 19.3 Å². The molecule has 1 N–H and O–H groups in total. The molecule has 4 nitrogen and oxygen atoms in total. The predicted octanol–water partition coefficient (Wildman–Crippen LogP) is 3.05. The smallest absolute Gasteiger partial charge is 0.308 e. The van der Waals surface area contributed by atoms with Crippen molar-refractivity contribution in [1.82, 2.24) is 5.32 Å². The predicted molar refractivity (Wildman–Crippen MR) is 84.1 cm³/mol. The molecule has 1 amide bonds.